The summed E-state index contributed by atoms with van der Waals surface area (Å²) in [6.45, 7) is 6.24. The number of piperazine rings is 1. The number of thioether (sulfide) groups is 1. The second-order valence-corrected chi connectivity index (χ2v) is 7.60. The summed E-state index contributed by atoms with van der Waals surface area (Å²) in [5.41, 5.74) is 3.12. The maximum absolute atomic E-state index is 12.2. The highest BCUT2D eigenvalue weighted by Crippen LogP contribution is 2.21. The van der Waals surface area contributed by atoms with Crippen LogP contribution in [-0.2, 0) is 25.3 Å². The number of rotatable bonds is 5. The van der Waals surface area contributed by atoms with Gasteiger partial charge in [0.05, 0.1) is 18.4 Å². The molecule has 2 aromatic rings. The third-order valence-corrected chi connectivity index (χ3v) is 5.80. The van der Waals surface area contributed by atoms with E-state index in [4.69, 9.17) is 0 Å². The molecule has 0 saturated carbocycles. The average molecular weight is 362 g/mol. The Hall–Kier alpha value is -1.71. The molecule has 0 N–H and O–H groups in total. The third-order valence-electron chi connectivity index (χ3n) is 4.79. The summed E-state index contributed by atoms with van der Waals surface area (Å²) in [4.78, 5) is 17.0. The van der Waals surface area contributed by atoms with Crippen LogP contribution >= 0.6 is 11.8 Å². The van der Waals surface area contributed by atoms with Crippen LogP contribution in [0.1, 0.15) is 17.0 Å². The molecular formula is C16H22N6O2S. The van der Waals surface area contributed by atoms with E-state index in [0.29, 0.717) is 6.54 Å². The minimum atomic E-state index is 0.0263. The molecular weight excluding hydrogens is 340 g/mol. The molecule has 0 bridgehead atoms. The lowest BCUT2D eigenvalue weighted by Crippen LogP contribution is -2.47. The summed E-state index contributed by atoms with van der Waals surface area (Å²) >= 11 is 1.87. The minimum absolute atomic E-state index is 0.0263. The lowest BCUT2D eigenvalue weighted by molar-refractivity contribution is 0.120. The molecule has 2 aliphatic rings. The van der Waals surface area contributed by atoms with Gasteiger partial charge in [-0.2, -0.15) is 16.9 Å². The van der Waals surface area contributed by atoms with Crippen molar-refractivity contribution in [2.45, 2.75) is 25.3 Å². The molecule has 8 nitrogen and oxygen atoms in total. The summed E-state index contributed by atoms with van der Waals surface area (Å²) in [6.07, 6.45) is 2.63. The fraction of sp³-hybridized carbons (Fsp3) is 0.625. The quantitative estimate of drug-likeness (QED) is 0.748. The molecule has 0 atom stereocenters. The van der Waals surface area contributed by atoms with Crippen molar-refractivity contribution in [3.8, 4) is 0 Å². The first kappa shape index (κ1) is 16.7. The number of nitrogens with zero attached hydrogens (tertiary/aromatic N) is 6. The van der Waals surface area contributed by atoms with Gasteiger partial charge in [0.25, 0.3) is 5.56 Å². The molecule has 9 heteroatoms. The van der Waals surface area contributed by atoms with Gasteiger partial charge in [-0.1, -0.05) is 10.3 Å². The fourth-order valence-electron chi connectivity index (χ4n) is 3.30. The highest BCUT2D eigenvalue weighted by molar-refractivity contribution is 7.98. The van der Waals surface area contributed by atoms with Gasteiger partial charge in [0.1, 0.15) is 5.69 Å². The smallest absolute Gasteiger partial charge is 0.267 e. The standard InChI is InChI=1S/C16H22N6O2S/c23-16-9-13-12-25-8-1-15(13)18-22(16)7-6-20-2-4-21(5-3-20)11-14-10-17-24-19-14/h9-10H,1-8,11-12H2. The van der Waals surface area contributed by atoms with Crippen molar-refractivity contribution in [3.63, 3.8) is 0 Å². The van der Waals surface area contributed by atoms with Crippen LogP contribution in [0.4, 0.5) is 0 Å². The second kappa shape index (κ2) is 7.67. The summed E-state index contributed by atoms with van der Waals surface area (Å²) in [5, 5.41) is 12.1. The Morgan fingerprint density at radius 1 is 1.16 bits per heavy atom. The monoisotopic (exact) mass is 362 g/mol. The maximum atomic E-state index is 12.2. The number of aryl methyl sites for hydroxylation is 1. The van der Waals surface area contributed by atoms with Crippen LogP contribution in [0.5, 0.6) is 0 Å². The van der Waals surface area contributed by atoms with Gasteiger partial charge >= 0.3 is 0 Å². The van der Waals surface area contributed by atoms with Crippen LogP contribution in [0.2, 0.25) is 0 Å². The molecule has 4 rings (SSSR count). The number of fused-ring (bicyclic) bond motifs is 1. The van der Waals surface area contributed by atoms with E-state index in [9.17, 15) is 4.79 Å². The fourth-order valence-corrected chi connectivity index (χ4v) is 4.25. The van der Waals surface area contributed by atoms with Crippen LogP contribution < -0.4 is 5.56 Å². The molecule has 4 heterocycles. The largest absolute Gasteiger partial charge is 0.299 e. The lowest BCUT2D eigenvalue weighted by Gasteiger charge is -2.34. The topological polar surface area (TPSA) is 80.3 Å². The van der Waals surface area contributed by atoms with E-state index >= 15 is 0 Å². The van der Waals surface area contributed by atoms with Gasteiger partial charge in [0, 0.05) is 57.5 Å². The first-order valence-corrected chi connectivity index (χ1v) is 9.82. The zero-order valence-corrected chi connectivity index (χ0v) is 15.0. The van der Waals surface area contributed by atoms with Gasteiger partial charge < -0.3 is 0 Å². The summed E-state index contributed by atoms with van der Waals surface area (Å²) in [6, 6.07) is 1.78. The Morgan fingerprint density at radius 3 is 2.80 bits per heavy atom. The van der Waals surface area contributed by atoms with Crippen molar-refractivity contribution in [2.75, 3.05) is 38.5 Å². The summed E-state index contributed by atoms with van der Waals surface area (Å²) in [7, 11) is 0. The SMILES string of the molecule is O=c1cc2c(nn1CCN1CCN(Cc3cnon3)CC1)CCSC2. The Bertz CT molecular complexity index is 754. The molecule has 2 aromatic heterocycles. The predicted octanol–water partition coefficient (Wildman–Crippen LogP) is 0.233. The predicted molar refractivity (Wildman–Crippen MR) is 94.4 cm³/mol. The molecule has 1 saturated heterocycles. The van der Waals surface area contributed by atoms with Crippen molar-refractivity contribution in [1.82, 2.24) is 29.9 Å². The van der Waals surface area contributed by atoms with Crippen LogP contribution in [0.15, 0.2) is 21.7 Å². The summed E-state index contributed by atoms with van der Waals surface area (Å²) in [5.74, 6) is 2.02. The molecule has 0 unspecified atom stereocenters. The Labute approximate surface area is 150 Å². The van der Waals surface area contributed by atoms with E-state index in [1.807, 2.05) is 11.8 Å². The van der Waals surface area contributed by atoms with Gasteiger partial charge in [0.2, 0.25) is 0 Å². The molecule has 0 radical (unpaired) electrons. The molecule has 2 aliphatic heterocycles. The Balaban J connectivity index is 1.29. The number of hydrogen-bond acceptors (Lipinski definition) is 8. The van der Waals surface area contributed by atoms with Crippen LogP contribution in [-0.4, -0.2) is 68.4 Å². The van der Waals surface area contributed by atoms with Gasteiger partial charge in [-0.05, 0) is 11.3 Å². The normalized spacial score (nSPS) is 19.0. The Morgan fingerprint density at radius 2 is 2.00 bits per heavy atom. The van der Waals surface area contributed by atoms with Gasteiger partial charge in [0.15, 0.2) is 0 Å². The third kappa shape index (κ3) is 4.10. The Kier molecular flexibility index (Phi) is 5.14. The molecule has 25 heavy (non-hydrogen) atoms. The second-order valence-electron chi connectivity index (χ2n) is 6.50. The molecule has 134 valence electrons. The van der Waals surface area contributed by atoms with E-state index < -0.39 is 0 Å². The van der Waals surface area contributed by atoms with Gasteiger partial charge in [-0.3, -0.25) is 14.6 Å². The van der Waals surface area contributed by atoms with Crippen LogP contribution in [0.25, 0.3) is 0 Å². The minimum Gasteiger partial charge on any atom is -0.299 e. The number of aromatic nitrogens is 4. The van der Waals surface area contributed by atoms with E-state index in [1.54, 1.807) is 16.9 Å². The van der Waals surface area contributed by atoms with E-state index in [0.717, 1.165) is 74.1 Å². The zero-order valence-electron chi connectivity index (χ0n) is 14.1. The first-order valence-electron chi connectivity index (χ1n) is 8.67. The van der Waals surface area contributed by atoms with Gasteiger partial charge in [-0.15, -0.1) is 0 Å². The highest BCUT2D eigenvalue weighted by Gasteiger charge is 2.19. The van der Waals surface area contributed by atoms with Crippen LogP contribution in [0, 0.1) is 0 Å². The molecule has 1 fully saturated rings. The van der Waals surface area contributed by atoms with Crippen molar-refractivity contribution >= 4 is 11.8 Å². The van der Waals surface area contributed by atoms with Crippen molar-refractivity contribution in [1.29, 1.82) is 0 Å². The number of hydrogen-bond donors (Lipinski definition) is 0. The molecule has 0 aliphatic carbocycles. The van der Waals surface area contributed by atoms with E-state index in [2.05, 4.69) is 29.8 Å². The molecule has 0 amide bonds. The molecule has 0 spiro atoms. The first-order chi connectivity index (χ1) is 12.3. The maximum Gasteiger partial charge on any atom is 0.267 e. The van der Waals surface area contributed by atoms with E-state index in [-0.39, 0.29) is 5.56 Å². The van der Waals surface area contributed by atoms with Crippen molar-refractivity contribution < 1.29 is 4.63 Å². The van der Waals surface area contributed by atoms with E-state index in [1.165, 1.54) is 0 Å². The molecule has 0 aromatic carbocycles. The zero-order chi connectivity index (χ0) is 17.1. The van der Waals surface area contributed by atoms with Gasteiger partial charge in [-0.25, -0.2) is 9.31 Å². The van der Waals surface area contributed by atoms with Crippen molar-refractivity contribution in [3.05, 3.63) is 39.6 Å². The van der Waals surface area contributed by atoms with Crippen LogP contribution in [0.3, 0.4) is 0 Å². The lowest BCUT2D eigenvalue weighted by atomic mass is 10.2. The average Bonchev–Trinajstić information content (AvgIpc) is 3.14. The van der Waals surface area contributed by atoms with Crippen molar-refractivity contribution in [2.24, 2.45) is 0 Å². The highest BCUT2D eigenvalue weighted by atomic mass is 32.2. The summed E-state index contributed by atoms with van der Waals surface area (Å²) < 4.78 is 6.28.